The molecule has 1 aliphatic carbocycles. The molecule has 0 aliphatic heterocycles. The quantitative estimate of drug-likeness (QED) is 0.586. The molecule has 0 saturated heterocycles. The molecule has 0 unspecified atom stereocenters. The van der Waals surface area contributed by atoms with Crippen molar-refractivity contribution in [3.63, 3.8) is 0 Å². The van der Waals surface area contributed by atoms with Crippen LogP contribution in [0.4, 0.5) is 0 Å². The summed E-state index contributed by atoms with van der Waals surface area (Å²) >= 11 is 2.02. The van der Waals surface area contributed by atoms with Crippen LogP contribution in [0.15, 0.2) is 0 Å². The molecule has 0 atom stereocenters. The van der Waals surface area contributed by atoms with Crippen LogP contribution in [0.25, 0.3) is 0 Å². The fourth-order valence-corrected chi connectivity index (χ4v) is 1.91. The van der Waals surface area contributed by atoms with Gasteiger partial charge in [-0.2, -0.15) is 11.8 Å². The summed E-state index contributed by atoms with van der Waals surface area (Å²) in [5.41, 5.74) is 0. The van der Waals surface area contributed by atoms with E-state index in [4.69, 9.17) is 0 Å². The van der Waals surface area contributed by atoms with E-state index in [1.165, 1.54) is 50.3 Å². The summed E-state index contributed by atoms with van der Waals surface area (Å²) in [7, 11) is 0. The number of hydrogen-bond donors (Lipinski definition) is 1. The molecule has 0 spiro atoms. The maximum atomic E-state index is 3.48. The van der Waals surface area contributed by atoms with Gasteiger partial charge >= 0.3 is 0 Å². The predicted octanol–water partition coefficient (Wildman–Crippen LogP) is 2.52. The second kappa shape index (κ2) is 6.79. The van der Waals surface area contributed by atoms with E-state index >= 15 is 0 Å². The Morgan fingerprint density at radius 1 is 1.33 bits per heavy atom. The monoisotopic (exact) mass is 187 g/mol. The van der Waals surface area contributed by atoms with E-state index in [0.29, 0.717) is 0 Å². The van der Waals surface area contributed by atoms with Gasteiger partial charge in [-0.3, -0.25) is 0 Å². The van der Waals surface area contributed by atoms with Crippen molar-refractivity contribution in [3.05, 3.63) is 0 Å². The van der Waals surface area contributed by atoms with Crippen molar-refractivity contribution in [2.45, 2.75) is 32.6 Å². The minimum absolute atomic E-state index is 1.11. The molecule has 2 heteroatoms. The van der Waals surface area contributed by atoms with E-state index in [0.717, 1.165) is 5.92 Å². The average molecular weight is 187 g/mol. The van der Waals surface area contributed by atoms with Gasteiger partial charge in [-0.25, -0.2) is 0 Å². The normalized spacial score (nSPS) is 16.8. The van der Waals surface area contributed by atoms with Gasteiger partial charge in [0.2, 0.25) is 0 Å². The van der Waals surface area contributed by atoms with Crippen molar-refractivity contribution in [1.29, 1.82) is 0 Å². The SMILES string of the molecule is CCSCCNCCCC1CC1. The Kier molecular flexibility index (Phi) is 5.88. The summed E-state index contributed by atoms with van der Waals surface area (Å²) in [6.45, 7) is 4.65. The van der Waals surface area contributed by atoms with Crippen LogP contribution in [-0.4, -0.2) is 24.6 Å². The summed E-state index contributed by atoms with van der Waals surface area (Å²) in [4.78, 5) is 0. The zero-order valence-corrected chi connectivity index (χ0v) is 8.96. The summed E-state index contributed by atoms with van der Waals surface area (Å²) in [5.74, 6) is 3.64. The van der Waals surface area contributed by atoms with Crippen LogP contribution in [0.3, 0.4) is 0 Å². The molecule has 1 saturated carbocycles. The first-order valence-corrected chi connectivity index (χ1v) is 6.37. The molecule has 1 aliphatic rings. The Hall–Kier alpha value is 0.310. The third kappa shape index (κ3) is 5.90. The van der Waals surface area contributed by atoms with E-state index in [1.54, 1.807) is 0 Å². The van der Waals surface area contributed by atoms with Gasteiger partial charge in [0, 0.05) is 12.3 Å². The van der Waals surface area contributed by atoms with E-state index in [1.807, 2.05) is 11.8 Å². The number of thioether (sulfide) groups is 1. The smallest absolute Gasteiger partial charge is 0.00579 e. The maximum Gasteiger partial charge on any atom is 0.00579 e. The molecule has 0 amide bonds. The molecule has 1 fully saturated rings. The van der Waals surface area contributed by atoms with Gasteiger partial charge in [0.1, 0.15) is 0 Å². The third-order valence-corrected chi connectivity index (χ3v) is 3.19. The second-order valence-electron chi connectivity index (χ2n) is 3.53. The summed E-state index contributed by atoms with van der Waals surface area (Å²) < 4.78 is 0. The second-order valence-corrected chi connectivity index (χ2v) is 4.93. The minimum Gasteiger partial charge on any atom is -0.316 e. The van der Waals surface area contributed by atoms with Crippen LogP contribution >= 0.6 is 11.8 Å². The molecule has 1 nitrogen and oxygen atoms in total. The molecule has 1 N–H and O–H groups in total. The van der Waals surface area contributed by atoms with Gasteiger partial charge < -0.3 is 5.32 Å². The van der Waals surface area contributed by atoms with E-state index in [9.17, 15) is 0 Å². The lowest BCUT2D eigenvalue weighted by molar-refractivity contribution is 0.609. The topological polar surface area (TPSA) is 12.0 Å². The molecule has 1 rings (SSSR count). The van der Waals surface area contributed by atoms with Crippen molar-refractivity contribution in [2.75, 3.05) is 24.6 Å². The van der Waals surface area contributed by atoms with Gasteiger partial charge in [-0.1, -0.05) is 19.8 Å². The van der Waals surface area contributed by atoms with Crippen molar-refractivity contribution in [1.82, 2.24) is 5.32 Å². The van der Waals surface area contributed by atoms with Crippen LogP contribution in [0.2, 0.25) is 0 Å². The molecule has 0 aromatic carbocycles. The first-order chi connectivity index (χ1) is 5.93. The van der Waals surface area contributed by atoms with E-state index in [2.05, 4.69) is 12.2 Å². The van der Waals surface area contributed by atoms with Crippen molar-refractivity contribution < 1.29 is 0 Å². The molecule has 0 bridgehead atoms. The largest absolute Gasteiger partial charge is 0.316 e. The van der Waals surface area contributed by atoms with Gasteiger partial charge in [0.25, 0.3) is 0 Å². The lowest BCUT2D eigenvalue weighted by Gasteiger charge is -2.02. The highest BCUT2D eigenvalue weighted by atomic mass is 32.2. The highest BCUT2D eigenvalue weighted by molar-refractivity contribution is 7.99. The number of nitrogens with one attached hydrogen (secondary N) is 1. The summed E-state index contributed by atoms with van der Waals surface area (Å²) in [6.07, 6.45) is 5.87. The highest BCUT2D eigenvalue weighted by Crippen LogP contribution is 2.33. The van der Waals surface area contributed by atoms with Crippen molar-refractivity contribution in [2.24, 2.45) is 5.92 Å². The minimum atomic E-state index is 1.11. The summed E-state index contributed by atoms with van der Waals surface area (Å²) in [6, 6.07) is 0. The fourth-order valence-electron chi connectivity index (χ4n) is 1.34. The number of rotatable bonds is 8. The summed E-state index contributed by atoms with van der Waals surface area (Å²) in [5, 5.41) is 3.48. The molecule has 0 aromatic rings. The molecule has 12 heavy (non-hydrogen) atoms. The molecule has 72 valence electrons. The fraction of sp³-hybridized carbons (Fsp3) is 1.00. The van der Waals surface area contributed by atoms with Crippen LogP contribution < -0.4 is 5.32 Å². The van der Waals surface area contributed by atoms with Crippen molar-refractivity contribution >= 4 is 11.8 Å². The van der Waals surface area contributed by atoms with Gasteiger partial charge in [-0.15, -0.1) is 0 Å². The maximum absolute atomic E-state index is 3.48. The lowest BCUT2D eigenvalue weighted by Crippen LogP contribution is -2.18. The Morgan fingerprint density at radius 3 is 2.83 bits per heavy atom. The van der Waals surface area contributed by atoms with Crippen LogP contribution in [0, 0.1) is 5.92 Å². The Morgan fingerprint density at radius 2 is 2.17 bits per heavy atom. The first kappa shape index (κ1) is 10.4. The Labute approximate surface area is 80.7 Å². The van der Waals surface area contributed by atoms with Gasteiger partial charge in [-0.05, 0) is 31.1 Å². The Balaban J connectivity index is 1.65. The zero-order valence-electron chi connectivity index (χ0n) is 8.14. The first-order valence-electron chi connectivity index (χ1n) is 5.22. The predicted molar refractivity (Wildman–Crippen MR) is 57.8 cm³/mol. The zero-order chi connectivity index (χ0) is 8.65. The third-order valence-electron chi connectivity index (χ3n) is 2.29. The number of hydrogen-bond acceptors (Lipinski definition) is 2. The molecular weight excluding hydrogens is 166 g/mol. The van der Waals surface area contributed by atoms with E-state index in [-0.39, 0.29) is 0 Å². The van der Waals surface area contributed by atoms with Gasteiger partial charge in [0.05, 0.1) is 0 Å². The lowest BCUT2D eigenvalue weighted by atomic mass is 10.2. The molecule has 0 aromatic heterocycles. The van der Waals surface area contributed by atoms with Crippen molar-refractivity contribution in [3.8, 4) is 0 Å². The molecule has 0 radical (unpaired) electrons. The van der Waals surface area contributed by atoms with Gasteiger partial charge in [0.15, 0.2) is 0 Å². The van der Waals surface area contributed by atoms with E-state index < -0.39 is 0 Å². The average Bonchev–Trinajstić information content (AvgIpc) is 2.87. The Bertz CT molecular complexity index is 102. The highest BCUT2D eigenvalue weighted by Gasteiger charge is 2.19. The molecule has 0 heterocycles. The van der Waals surface area contributed by atoms with Crippen LogP contribution in [0.1, 0.15) is 32.6 Å². The van der Waals surface area contributed by atoms with Crippen LogP contribution in [0.5, 0.6) is 0 Å². The molecular formula is C10H21NS. The standard InChI is InChI=1S/C10H21NS/c1-2-12-9-8-11-7-3-4-10-5-6-10/h10-11H,2-9H2,1H3. The van der Waals surface area contributed by atoms with Crippen LogP contribution in [-0.2, 0) is 0 Å².